The van der Waals surface area contributed by atoms with Gasteiger partial charge in [0.1, 0.15) is 12.7 Å². The smallest absolute Gasteiger partial charge is 0.270 e. The second kappa shape index (κ2) is 7.35. The maximum Gasteiger partial charge on any atom is 0.270 e. The molecule has 0 aromatic carbocycles. The fraction of sp³-hybridized carbons (Fsp3) is 0.846. The molecular weight excluding hydrogens is 292 g/mol. The molecule has 8 heteroatoms. The number of morpholine rings is 1. The van der Waals surface area contributed by atoms with E-state index in [0.29, 0.717) is 16.6 Å². The average Bonchev–Trinajstić information content (AvgIpc) is 3.02. The van der Waals surface area contributed by atoms with Crippen LogP contribution in [0.1, 0.15) is 35.7 Å². The summed E-state index contributed by atoms with van der Waals surface area (Å²) in [7, 11) is 0. The first kappa shape index (κ1) is 7.08. The number of hydrogen-bond acceptors (Lipinski definition) is 8. The lowest BCUT2D eigenvalue weighted by atomic mass is 10.1. The predicted octanol–water partition coefficient (Wildman–Crippen LogP) is 0.503. The van der Waals surface area contributed by atoms with Crippen LogP contribution in [0.15, 0.2) is 0 Å². The molecule has 21 heavy (non-hydrogen) atoms. The van der Waals surface area contributed by atoms with E-state index >= 15 is 0 Å². The highest BCUT2D eigenvalue weighted by atomic mass is 32.1. The van der Waals surface area contributed by atoms with Crippen molar-refractivity contribution in [1.82, 2.24) is 14.1 Å². The number of aliphatic hydroxyl groups is 1. The van der Waals surface area contributed by atoms with Crippen LogP contribution in [0.2, 0.25) is 0 Å². The lowest BCUT2D eigenvalue weighted by Gasteiger charge is -2.27. The lowest BCUT2D eigenvalue weighted by Crippen LogP contribution is -2.42. The third-order valence-electron chi connectivity index (χ3n) is 2.33. The zero-order valence-electron chi connectivity index (χ0n) is 22.3. The minimum atomic E-state index is -2.98. The summed E-state index contributed by atoms with van der Waals surface area (Å²) in [5, 5.41) is 12.5. The summed E-state index contributed by atoms with van der Waals surface area (Å²) in [6, 6.07) is 0. The Hall–Kier alpha value is -0.960. The molecule has 0 radical (unpaired) electrons. The van der Waals surface area contributed by atoms with Crippen molar-refractivity contribution in [3.63, 3.8) is 0 Å². The molecule has 1 aromatic rings. The SMILES string of the molecule is [2H]C1([2H])COCC([2H])([2H])N1c1nsnc1OC[C@@]([2H])(O)CNC(C)(C([2H])([2H])[2H])C([2H])([2H])[2H]. The molecule has 120 valence electrons. The molecule has 1 aliphatic heterocycles. The summed E-state index contributed by atoms with van der Waals surface area (Å²) in [4.78, 5) is 0.698. The van der Waals surface area contributed by atoms with Crippen LogP contribution < -0.4 is 15.0 Å². The Morgan fingerprint density at radius 1 is 1.62 bits per heavy atom. The molecule has 1 fully saturated rings. The van der Waals surface area contributed by atoms with Gasteiger partial charge in [0.2, 0.25) is 5.82 Å². The van der Waals surface area contributed by atoms with Crippen molar-refractivity contribution in [2.45, 2.75) is 32.2 Å². The van der Waals surface area contributed by atoms with Gasteiger partial charge in [0, 0.05) is 33.3 Å². The van der Waals surface area contributed by atoms with Crippen molar-refractivity contribution in [3.05, 3.63) is 0 Å². The monoisotopic (exact) mass is 327 g/mol. The topological polar surface area (TPSA) is 79.7 Å². The van der Waals surface area contributed by atoms with Crippen LogP contribution in [0, 0.1) is 0 Å². The van der Waals surface area contributed by atoms with E-state index in [0.717, 1.165) is 6.92 Å². The molecule has 2 heterocycles. The van der Waals surface area contributed by atoms with Gasteiger partial charge in [0.15, 0.2) is 0 Å². The first-order valence-electron chi connectivity index (χ1n) is 11.5. The first-order chi connectivity index (χ1) is 14.2. The predicted molar refractivity (Wildman–Crippen MR) is 82.2 cm³/mol. The van der Waals surface area contributed by atoms with Crippen LogP contribution in [-0.4, -0.2) is 64.8 Å². The first-order valence-corrected chi connectivity index (χ1v) is 6.78. The molecule has 0 unspecified atom stereocenters. The molecule has 1 atom stereocenters. The summed E-state index contributed by atoms with van der Waals surface area (Å²) < 4.78 is 103. The maximum absolute atomic E-state index is 10.3. The zero-order valence-corrected chi connectivity index (χ0v) is 12.2. The molecule has 0 saturated carbocycles. The fourth-order valence-electron chi connectivity index (χ4n) is 1.36. The molecule has 1 aliphatic rings. The third kappa shape index (κ3) is 5.39. The van der Waals surface area contributed by atoms with E-state index in [1.165, 1.54) is 0 Å². The Bertz CT molecular complexity index is 769. The van der Waals surface area contributed by atoms with Gasteiger partial charge < -0.3 is 24.8 Å². The summed E-state index contributed by atoms with van der Waals surface area (Å²) >= 11 is 0.588. The van der Waals surface area contributed by atoms with Crippen molar-refractivity contribution in [3.8, 4) is 5.88 Å². The van der Waals surface area contributed by atoms with Crippen molar-refractivity contribution >= 4 is 17.5 Å². The molecule has 2 N–H and O–H groups in total. The van der Waals surface area contributed by atoms with E-state index in [1.807, 2.05) is 0 Å². The minimum absolute atomic E-state index is 0.299. The number of rotatable bonds is 6. The van der Waals surface area contributed by atoms with Gasteiger partial charge in [0.25, 0.3) is 5.88 Å². The molecule has 0 aliphatic carbocycles. The van der Waals surface area contributed by atoms with Crippen molar-refractivity contribution < 1.29 is 29.7 Å². The summed E-state index contributed by atoms with van der Waals surface area (Å²) in [6.07, 6.45) is -2.51. The lowest BCUT2D eigenvalue weighted by molar-refractivity contribution is 0.0975. The minimum Gasteiger partial charge on any atom is -0.472 e. The van der Waals surface area contributed by atoms with E-state index in [9.17, 15) is 5.11 Å². The standard InChI is InChI=1S/C13H24N4O3S/c1-13(2,3)14-8-10(18)9-20-12-11(15-21-16-12)17-4-6-19-7-5-17/h10,14,18H,4-9H2,1-3H3/t10-/m0/s1/i1D3,2D3,4D2,5D2,10D. The Labute approximate surface area is 145 Å². The molecule has 0 bridgehead atoms. The molecular formula is C13H24N4O3S. The Morgan fingerprint density at radius 2 is 2.38 bits per heavy atom. The highest BCUT2D eigenvalue weighted by Gasteiger charge is 2.21. The van der Waals surface area contributed by atoms with E-state index in [2.05, 4.69) is 14.1 Å². The van der Waals surface area contributed by atoms with Gasteiger partial charge in [-0.25, -0.2) is 0 Å². The van der Waals surface area contributed by atoms with Crippen LogP contribution in [0.25, 0.3) is 0 Å². The molecule has 1 aromatic heterocycles. The number of nitrogens with zero attached hydrogens (tertiary/aromatic N) is 3. The van der Waals surface area contributed by atoms with Crippen molar-refractivity contribution in [1.29, 1.82) is 0 Å². The summed E-state index contributed by atoms with van der Waals surface area (Å²) in [6.45, 7) is -12.1. The van der Waals surface area contributed by atoms with Crippen LogP contribution in [0.4, 0.5) is 5.82 Å². The Kier molecular flexibility index (Phi) is 2.48. The normalized spacial score (nSPS) is 33.0. The van der Waals surface area contributed by atoms with Crippen LogP contribution in [0.5, 0.6) is 5.88 Å². The van der Waals surface area contributed by atoms with Gasteiger partial charge in [0.05, 0.1) is 31.8 Å². The second-order valence-electron chi connectivity index (χ2n) is 4.37. The molecule has 0 amide bonds. The molecule has 1 saturated heterocycles. The quantitative estimate of drug-likeness (QED) is 0.787. The molecule has 7 nitrogen and oxygen atoms in total. The largest absolute Gasteiger partial charge is 0.472 e. The highest BCUT2D eigenvalue weighted by Crippen LogP contribution is 2.26. The van der Waals surface area contributed by atoms with Crippen LogP contribution in [0.3, 0.4) is 0 Å². The van der Waals surface area contributed by atoms with Gasteiger partial charge >= 0.3 is 0 Å². The Balaban J connectivity index is 2.15. The fourth-order valence-corrected chi connectivity index (χ4v) is 1.85. The van der Waals surface area contributed by atoms with Crippen molar-refractivity contribution in [2.75, 3.05) is 44.3 Å². The number of hydrogen-bond donors (Lipinski definition) is 2. The maximum atomic E-state index is 10.3. The van der Waals surface area contributed by atoms with Gasteiger partial charge in [-0.2, -0.15) is 4.37 Å². The Morgan fingerprint density at radius 3 is 3.10 bits per heavy atom. The van der Waals surface area contributed by atoms with Gasteiger partial charge in [-0.1, -0.05) is 0 Å². The van der Waals surface area contributed by atoms with Gasteiger partial charge in [-0.3, -0.25) is 0 Å². The number of anilines is 1. The molecule has 2 rings (SSSR count). The van der Waals surface area contributed by atoms with E-state index in [1.54, 1.807) is 0 Å². The second-order valence-corrected chi connectivity index (χ2v) is 4.90. The highest BCUT2D eigenvalue weighted by molar-refractivity contribution is 6.99. The number of aromatic nitrogens is 2. The third-order valence-corrected chi connectivity index (χ3v) is 2.83. The van der Waals surface area contributed by atoms with E-state index in [4.69, 9.17) is 24.6 Å². The van der Waals surface area contributed by atoms with E-state index < -0.39 is 64.7 Å². The van der Waals surface area contributed by atoms with Gasteiger partial charge in [-0.15, -0.1) is 4.37 Å². The van der Waals surface area contributed by atoms with Gasteiger partial charge in [-0.05, 0) is 20.6 Å². The van der Waals surface area contributed by atoms with Crippen LogP contribution >= 0.6 is 11.7 Å². The average molecular weight is 327 g/mol. The summed E-state index contributed by atoms with van der Waals surface area (Å²) in [5.74, 6) is -0.656. The zero-order chi connectivity index (χ0) is 24.8. The number of ether oxygens (including phenoxy) is 2. The summed E-state index contributed by atoms with van der Waals surface area (Å²) in [5.41, 5.74) is -2.41. The van der Waals surface area contributed by atoms with Crippen LogP contribution in [-0.2, 0) is 4.74 Å². The van der Waals surface area contributed by atoms with Crippen molar-refractivity contribution in [2.24, 2.45) is 0 Å². The molecule has 0 spiro atoms. The van der Waals surface area contributed by atoms with E-state index in [-0.39, 0.29) is 11.7 Å². The number of nitrogens with one attached hydrogen (secondary N) is 1. The number of β-amino-alcohol motifs (C(OH)–C–C–N with tert-alkyl or cyclic N) is 1.